The zero-order valence-electron chi connectivity index (χ0n) is 23.4. The summed E-state index contributed by atoms with van der Waals surface area (Å²) in [6, 6.07) is 2.38. The number of hydrogen-bond donors (Lipinski definition) is 3. The van der Waals surface area contributed by atoms with E-state index < -0.39 is 39.6 Å². The summed E-state index contributed by atoms with van der Waals surface area (Å²) < 4.78 is 75.7. The smallest absolute Gasteiger partial charge is 0.423 e. The van der Waals surface area contributed by atoms with E-state index >= 15 is 0 Å². The molecule has 232 valence electrons. The van der Waals surface area contributed by atoms with E-state index in [1.54, 1.807) is 0 Å². The third kappa shape index (κ3) is 8.36. The van der Waals surface area contributed by atoms with Crippen LogP contribution in [-0.4, -0.2) is 86.8 Å². The molecule has 1 aromatic heterocycles. The first-order chi connectivity index (χ1) is 19.7. The third-order valence-corrected chi connectivity index (χ3v) is 8.22. The van der Waals surface area contributed by atoms with Crippen LogP contribution in [-0.2, 0) is 16.0 Å². The van der Waals surface area contributed by atoms with Crippen molar-refractivity contribution in [3.8, 4) is 11.6 Å². The highest BCUT2D eigenvalue weighted by atomic mass is 35.5. The van der Waals surface area contributed by atoms with Crippen molar-refractivity contribution in [3.63, 3.8) is 0 Å². The van der Waals surface area contributed by atoms with E-state index in [1.807, 2.05) is 7.05 Å². The Labute approximate surface area is 247 Å². The number of amides is 1. The summed E-state index contributed by atoms with van der Waals surface area (Å²) in [6.07, 6.45) is -0.671. The maximum Gasteiger partial charge on any atom is 0.423 e. The number of halogens is 4. The second-order valence-electron chi connectivity index (χ2n) is 10.6. The van der Waals surface area contributed by atoms with Crippen molar-refractivity contribution in [2.75, 3.05) is 44.7 Å². The van der Waals surface area contributed by atoms with Crippen LogP contribution in [0.15, 0.2) is 18.3 Å². The lowest BCUT2D eigenvalue weighted by Crippen LogP contribution is -2.43. The zero-order valence-corrected chi connectivity index (χ0v) is 25.0. The molecule has 0 radical (unpaired) electrons. The number of anilines is 2. The molecule has 11 nitrogen and oxygen atoms in total. The normalized spacial score (nSPS) is 20.4. The van der Waals surface area contributed by atoms with Gasteiger partial charge in [-0.25, -0.2) is 13.4 Å². The second-order valence-corrected chi connectivity index (χ2v) is 13.1. The molecular formula is C26H34ClF3N6O5S. The number of alkyl halides is 3. The van der Waals surface area contributed by atoms with Crippen molar-refractivity contribution in [1.29, 1.82) is 0 Å². The largest absolute Gasteiger partial charge is 0.495 e. The highest BCUT2D eigenvalue weighted by molar-refractivity contribution is 7.90. The molecule has 2 atom stereocenters. The average molecular weight is 635 g/mol. The highest BCUT2D eigenvalue weighted by Crippen LogP contribution is 2.38. The fourth-order valence-corrected chi connectivity index (χ4v) is 5.71. The standard InChI is InChI=1S/C26H34ClF3N6O5S/c1-36-9-7-15(8-10-36)33-23(37)16-11-22(40-2)20(12-18(16)27)34-25-31-13-17(26(28,29)30)24(35-25)41-21-6-4-5-19(21)32-14-42(3,38)39/h11-13,15,19,21,32H,4-10,14H2,1-3H3,(H,33,37)(H,31,34,35)/t19-,21-/m1/s1. The number of rotatable bonds is 10. The summed E-state index contributed by atoms with van der Waals surface area (Å²) in [5.41, 5.74) is -0.769. The van der Waals surface area contributed by atoms with Gasteiger partial charge in [0.1, 0.15) is 17.4 Å². The lowest BCUT2D eigenvalue weighted by Gasteiger charge is -2.29. The fraction of sp³-hybridized carbons (Fsp3) is 0.577. The van der Waals surface area contributed by atoms with Gasteiger partial charge in [0.2, 0.25) is 11.8 Å². The van der Waals surface area contributed by atoms with Crippen molar-refractivity contribution in [3.05, 3.63) is 34.5 Å². The van der Waals surface area contributed by atoms with Crippen LogP contribution in [0.2, 0.25) is 5.02 Å². The number of hydrogen-bond acceptors (Lipinski definition) is 10. The summed E-state index contributed by atoms with van der Waals surface area (Å²) in [5, 5.41) is 8.74. The van der Waals surface area contributed by atoms with E-state index in [2.05, 4.69) is 30.8 Å². The lowest BCUT2D eigenvalue weighted by molar-refractivity contribution is -0.140. The van der Waals surface area contributed by atoms with Gasteiger partial charge in [-0.2, -0.15) is 18.2 Å². The van der Waals surface area contributed by atoms with Gasteiger partial charge >= 0.3 is 6.18 Å². The number of carbonyl (C=O) groups is 1. The summed E-state index contributed by atoms with van der Waals surface area (Å²) in [6.45, 7) is 1.73. The molecule has 2 aromatic rings. The van der Waals surface area contributed by atoms with Gasteiger partial charge in [-0.15, -0.1) is 0 Å². The van der Waals surface area contributed by atoms with Crippen molar-refractivity contribution in [2.45, 2.75) is 56.5 Å². The van der Waals surface area contributed by atoms with Gasteiger partial charge in [0, 0.05) is 24.5 Å². The number of piperidine rings is 1. The molecule has 1 saturated heterocycles. The van der Waals surface area contributed by atoms with Crippen molar-refractivity contribution < 1.29 is 35.9 Å². The predicted octanol–water partition coefficient (Wildman–Crippen LogP) is 3.62. The van der Waals surface area contributed by atoms with E-state index in [-0.39, 0.29) is 45.8 Å². The van der Waals surface area contributed by atoms with Crippen LogP contribution in [0.3, 0.4) is 0 Å². The molecule has 2 heterocycles. The van der Waals surface area contributed by atoms with Crippen molar-refractivity contribution in [2.24, 2.45) is 0 Å². The summed E-state index contributed by atoms with van der Waals surface area (Å²) in [7, 11) is 0.0528. The SMILES string of the molecule is COc1cc(C(=O)NC2CCN(C)CC2)c(Cl)cc1Nc1ncc(C(F)(F)F)c(O[C@@H]2CCC[C@H]2NCS(C)(=O)=O)n1. The van der Waals surface area contributed by atoms with Crippen LogP contribution < -0.4 is 25.4 Å². The van der Waals surface area contributed by atoms with Crippen molar-refractivity contribution in [1.82, 2.24) is 25.5 Å². The van der Waals surface area contributed by atoms with Gasteiger partial charge in [0.15, 0.2) is 9.84 Å². The number of carbonyl (C=O) groups excluding carboxylic acids is 1. The topological polar surface area (TPSA) is 135 Å². The number of sulfone groups is 1. The van der Waals surface area contributed by atoms with Crippen LogP contribution in [0.25, 0.3) is 0 Å². The van der Waals surface area contributed by atoms with Crippen LogP contribution in [0.1, 0.15) is 48.0 Å². The molecule has 16 heteroatoms. The molecule has 2 fully saturated rings. The zero-order chi connectivity index (χ0) is 30.7. The summed E-state index contributed by atoms with van der Waals surface area (Å²) >= 11 is 6.44. The Morgan fingerprint density at radius 1 is 1.19 bits per heavy atom. The van der Waals surface area contributed by atoms with Crippen LogP contribution in [0.5, 0.6) is 11.6 Å². The van der Waals surface area contributed by atoms with E-state index in [9.17, 15) is 26.4 Å². The van der Waals surface area contributed by atoms with E-state index in [0.29, 0.717) is 25.5 Å². The van der Waals surface area contributed by atoms with E-state index in [1.165, 1.54) is 19.2 Å². The number of methoxy groups -OCH3 is 1. The van der Waals surface area contributed by atoms with Gasteiger partial charge < -0.3 is 25.0 Å². The van der Waals surface area contributed by atoms with Gasteiger partial charge in [-0.3, -0.25) is 10.1 Å². The minimum absolute atomic E-state index is 0.00794. The molecular weight excluding hydrogens is 601 g/mol. The lowest BCUT2D eigenvalue weighted by atomic mass is 10.0. The Morgan fingerprint density at radius 2 is 1.90 bits per heavy atom. The Kier molecular flexibility index (Phi) is 10.1. The first-order valence-corrected chi connectivity index (χ1v) is 15.8. The number of benzene rings is 1. The maximum atomic E-state index is 13.8. The minimum atomic E-state index is -4.80. The van der Waals surface area contributed by atoms with E-state index in [4.69, 9.17) is 21.1 Å². The molecule has 0 bridgehead atoms. The molecule has 2 aliphatic rings. The van der Waals surface area contributed by atoms with E-state index in [0.717, 1.165) is 32.2 Å². The van der Waals surface area contributed by atoms with Gasteiger partial charge in [0.05, 0.1) is 29.3 Å². The Balaban J connectivity index is 1.55. The highest BCUT2D eigenvalue weighted by Gasteiger charge is 2.39. The molecule has 4 rings (SSSR count). The van der Waals surface area contributed by atoms with Gasteiger partial charge in [-0.1, -0.05) is 11.6 Å². The third-order valence-electron chi connectivity index (χ3n) is 7.22. The fourth-order valence-electron chi connectivity index (χ4n) is 4.94. The molecule has 0 spiro atoms. The number of ether oxygens (including phenoxy) is 2. The molecule has 1 saturated carbocycles. The number of nitrogens with zero attached hydrogens (tertiary/aromatic N) is 3. The molecule has 42 heavy (non-hydrogen) atoms. The Hall–Kier alpha value is -2.88. The van der Waals surface area contributed by atoms with Crippen LogP contribution in [0.4, 0.5) is 24.8 Å². The average Bonchev–Trinajstić information content (AvgIpc) is 3.35. The summed E-state index contributed by atoms with van der Waals surface area (Å²) in [4.78, 5) is 22.9. The van der Waals surface area contributed by atoms with Gasteiger partial charge in [0.25, 0.3) is 5.91 Å². The first kappa shape index (κ1) is 32.0. The number of likely N-dealkylation sites (tertiary alicyclic amines) is 1. The van der Waals surface area contributed by atoms with Gasteiger partial charge in [-0.05, 0) is 64.4 Å². The molecule has 1 aromatic carbocycles. The monoisotopic (exact) mass is 634 g/mol. The molecule has 1 amide bonds. The molecule has 1 aliphatic carbocycles. The summed E-state index contributed by atoms with van der Waals surface area (Å²) in [5.74, 6) is -1.42. The minimum Gasteiger partial charge on any atom is -0.495 e. The predicted molar refractivity (Wildman–Crippen MR) is 151 cm³/mol. The Morgan fingerprint density at radius 3 is 2.55 bits per heavy atom. The molecule has 0 unspecified atom stereocenters. The number of nitrogens with one attached hydrogen (secondary N) is 3. The van der Waals surface area contributed by atoms with Crippen molar-refractivity contribution >= 4 is 39.0 Å². The second kappa shape index (κ2) is 13.2. The molecule has 1 aliphatic heterocycles. The maximum absolute atomic E-state index is 13.8. The Bertz CT molecular complexity index is 1390. The van der Waals surface area contributed by atoms with Crippen LogP contribution >= 0.6 is 11.6 Å². The number of aromatic nitrogens is 2. The first-order valence-electron chi connectivity index (χ1n) is 13.4. The quantitative estimate of drug-likeness (QED) is 0.356. The molecule has 3 N–H and O–H groups in total. The van der Waals surface area contributed by atoms with Crippen LogP contribution in [0, 0.1) is 0 Å².